The Morgan fingerprint density at radius 1 is 0.769 bits per heavy atom. The minimum absolute atomic E-state index is 0.0683. The van der Waals surface area contributed by atoms with Gasteiger partial charge in [0.25, 0.3) is 10.2 Å². The van der Waals surface area contributed by atoms with Crippen molar-refractivity contribution < 1.29 is 29.4 Å². The maximum atomic E-state index is 12.5. The molecule has 26 heavy (non-hydrogen) atoms. The zero-order valence-electron chi connectivity index (χ0n) is 13.5. The molecule has 0 heterocycles. The molecule has 12 heteroatoms. The van der Waals surface area contributed by atoms with Crippen molar-refractivity contribution >= 4 is 11.8 Å². The zero-order valence-corrected chi connectivity index (χ0v) is 13.5. The lowest BCUT2D eigenvalue weighted by atomic mass is 8.92. The summed E-state index contributed by atoms with van der Waals surface area (Å²) < 4.78 is 0. The highest BCUT2D eigenvalue weighted by atomic mass is 17.0. The van der Waals surface area contributed by atoms with Crippen LogP contribution in [0.25, 0.3) is 0 Å². The van der Waals surface area contributed by atoms with E-state index in [0.717, 1.165) is 0 Å². The molecule has 140 valence electrons. The molecule has 0 aromatic rings. The third-order valence-corrected chi connectivity index (χ3v) is 7.59. The molecular formula is C14H16N4O8. The number of nitrogens with zero attached hydrogens (tertiary/aromatic N) is 2. The molecule has 0 bridgehead atoms. The fourth-order valence-corrected chi connectivity index (χ4v) is 7.31. The summed E-state index contributed by atoms with van der Waals surface area (Å²) in [5.74, 6) is 1.28. The van der Waals surface area contributed by atoms with Crippen LogP contribution in [0.2, 0.25) is 0 Å². The van der Waals surface area contributed by atoms with Gasteiger partial charge in [0.2, 0.25) is 11.8 Å². The van der Waals surface area contributed by atoms with Crippen LogP contribution in [0.15, 0.2) is 0 Å². The maximum Gasteiger partial charge on any atom is 0.294 e. The van der Waals surface area contributed by atoms with E-state index in [2.05, 4.69) is 20.3 Å². The third kappa shape index (κ3) is 1.27. The van der Waals surface area contributed by atoms with Gasteiger partial charge in [-0.25, -0.2) is 0 Å². The van der Waals surface area contributed by atoms with Gasteiger partial charge >= 0.3 is 0 Å². The molecule has 2 N–H and O–H groups in total. The molecule has 6 aliphatic rings. The molecule has 0 unspecified atom stereocenters. The van der Waals surface area contributed by atoms with E-state index < -0.39 is 10.2 Å². The van der Waals surface area contributed by atoms with Gasteiger partial charge in [-0.1, -0.05) is 0 Å². The highest BCUT2D eigenvalue weighted by Gasteiger charge is 3.12. The summed E-state index contributed by atoms with van der Waals surface area (Å²) in [6.07, 6.45) is 0. The van der Waals surface area contributed by atoms with Crippen molar-refractivity contribution in [1.82, 2.24) is 10.6 Å². The van der Waals surface area contributed by atoms with Gasteiger partial charge in [0, 0.05) is 13.1 Å². The van der Waals surface area contributed by atoms with E-state index in [0.29, 0.717) is 0 Å². The number of nitrogens with one attached hydrogen (secondary N) is 2. The molecule has 6 rings (SSSR count). The molecule has 0 radical (unpaired) electrons. The van der Waals surface area contributed by atoms with E-state index in [1.807, 2.05) is 0 Å². The second-order valence-corrected chi connectivity index (χ2v) is 7.65. The van der Waals surface area contributed by atoms with Gasteiger partial charge in [-0.3, -0.25) is 9.59 Å². The van der Waals surface area contributed by atoms with Crippen molar-refractivity contribution in [2.45, 2.75) is 0 Å². The largest absolute Gasteiger partial charge is 0.354 e. The minimum atomic E-state index is -0.893. The van der Waals surface area contributed by atoms with Crippen molar-refractivity contribution in [1.29, 1.82) is 0 Å². The first-order chi connectivity index (χ1) is 12.4. The SMILES string of the molecule is O=C(NCCO[N+](=O)[O-])C12C3C4C1C1C2C3C41C(=O)NCCO[N+](=O)[O-]. The number of carbonyl (C=O) groups is 2. The van der Waals surface area contributed by atoms with Crippen molar-refractivity contribution in [2.24, 2.45) is 46.3 Å². The molecule has 6 fully saturated rings. The third-order valence-electron chi connectivity index (χ3n) is 7.59. The summed E-state index contributed by atoms with van der Waals surface area (Å²) in [5, 5.41) is 23.9. The van der Waals surface area contributed by atoms with Gasteiger partial charge in [0.15, 0.2) is 0 Å². The Bertz CT molecular complexity index is 638. The molecule has 0 saturated heterocycles. The fourth-order valence-electron chi connectivity index (χ4n) is 7.31. The van der Waals surface area contributed by atoms with Crippen LogP contribution in [0.3, 0.4) is 0 Å². The van der Waals surface area contributed by atoms with Gasteiger partial charge in [0.05, 0.1) is 10.8 Å². The summed E-state index contributed by atoms with van der Waals surface area (Å²) in [6, 6.07) is 0. The predicted molar refractivity (Wildman–Crippen MR) is 77.7 cm³/mol. The molecule has 0 atom stereocenters. The van der Waals surface area contributed by atoms with Crippen LogP contribution in [-0.2, 0) is 19.3 Å². The quantitative estimate of drug-likeness (QED) is 0.264. The molecule has 2 amide bonds. The highest BCUT2D eigenvalue weighted by molar-refractivity contribution is 6.00. The van der Waals surface area contributed by atoms with Crippen LogP contribution < -0.4 is 10.6 Å². The summed E-state index contributed by atoms with van der Waals surface area (Å²) in [7, 11) is 0. The van der Waals surface area contributed by atoms with Crippen LogP contribution >= 0.6 is 0 Å². The Morgan fingerprint density at radius 2 is 1.08 bits per heavy atom. The molecule has 0 aromatic carbocycles. The average Bonchev–Trinajstić information content (AvgIpc) is 2.61. The van der Waals surface area contributed by atoms with E-state index in [1.54, 1.807) is 0 Å². The van der Waals surface area contributed by atoms with Gasteiger partial charge in [0.1, 0.15) is 13.2 Å². The maximum absolute atomic E-state index is 12.5. The van der Waals surface area contributed by atoms with E-state index in [4.69, 9.17) is 0 Å². The van der Waals surface area contributed by atoms with Crippen LogP contribution in [0, 0.1) is 66.6 Å². The lowest BCUT2D eigenvalue weighted by Gasteiger charge is -3.09. The Labute approximate surface area is 145 Å². The van der Waals surface area contributed by atoms with E-state index >= 15 is 0 Å². The summed E-state index contributed by atoms with van der Waals surface area (Å²) in [4.78, 5) is 53.6. The topological polar surface area (TPSA) is 163 Å². The van der Waals surface area contributed by atoms with Crippen molar-refractivity contribution in [3.05, 3.63) is 20.2 Å². The Hall–Kier alpha value is -2.66. The van der Waals surface area contributed by atoms with Gasteiger partial charge in [-0.15, -0.1) is 20.2 Å². The lowest BCUT2D eigenvalue weighted by Crippen LogP contribution is -3.12. The Kier molecular flexibility index (Phi) is 2.72. The second kappa shape index (κ2) is 4.54. The number of carbonyl (C=O) groups excluding carboxylic acids is 2. The number of hydrogen-bond acceptors (Lipinski definition) is 8. The predicted octanol–water partition coefficient (Wildman–Crippen LogP) is -1.63. The van der Waals surface area contributed by atoms with Crippen LogP contribution in [0.5, 0.6) is 0 Å². The number of amides is 2. The highest BCUT2D eigenvalue weighted by Crippen LogP contribution is 3.10. The summed E-state index contributed by atoms with van der Waals surface area (Å²) >= 11 is 0. The number of rotatable bonds is 10. The zero-order chi connectivity index (χ0) is 18.4. The standard InChI is InChI=1S/C14H16N4O8/c19-11(15-1-3-25-17(21)22)13-5-8-6(13)10-7(13)9(5)14(8,10)12(20)16-2-4-26-18(23)24/h5-10H,1-4H2,(H,15,19)(H,16,20). The molecule has 6 saturated carbocycles. The summed E-state index contributed by atoms with van der Waals surface area (Å²) in [5.41, 5.74) is -0.712. The van der Waals surface area contributed by atoms with E-state index in [1.165, 1.54) is 0 Å². The molecule has 12 nitrogen and oxygen atoms in total. The van der Waals surface area contributed by atoms with Crippen LogP contribution in [0.1, 0.15) is 0 Å². The first-order valence-electron chi connectivity index (χ1n) is 8.52. The monoisotopic (exact) mass is 368 g/mol. The molecule has 6 aliphatic carbocycles. The first-order valence-corrected chi connectivity index (χ1v) is 8.52. The molecule has 0 spiro atoms. The Morgan fingerprint density at radius 3 is 1.35 bits per heavy atom. The average molecular weight is 368 g/mol. The van der Waals surface area contributed by atoms with E-state index in [9.17, 15) is 29.8 Å². The van der Waals surface area contributed by atoms with Crippen LogP contribution in [0.4, 0.5) is 0 Å². The van der Waals surface area contributed by atoms with Gasteiger partial charge in [-0.05, 0) is 35.5 Å². The summed E-state index contributed by atoms with van der Waals surface area (Å²) in [6.45, 7) is -0.168. The number of hydrogen-bond donors (Lipinski definition) is 2. The second-order valence-electron chi connectivity index (χ2n) is 7.65. The van der Waals surface area contributed by atoms with Crippen LogP contribution in [-0.4, -0.2) is 48.3 Å². The minimum Gasteiger partial charge on any atom is -0.354 e. The first kappa shape index (κ1) is 15.6. The van der Waals surface area contributed by atoms with Gasteiger partial charge < -0.3 is 20.3 Å². The smallest absolute Gasteiger partial charge is 0.294 e. The molecule has 0 aromatic heterocycles. The normalized spacial score (nSPS) is 46.0. The fraction of sp³-hybridized carbons (Fsp3) is 0.857. The Balaban J connectivity index is 1.13. The van der Waals surface area contributed by atoms with Gasteiger partial charge in [-0.2, -0.15) is 0 Å². The van der Waals surface area contributed by atoms with E-state index in [-0.39, 0.29) is 84.5 Å². The van der Waals surface area contributed by atoms with Crippen molar-refractivity contribution in [2.75, 3.05) is 26.3 Å². The van der Waals surface area contributed by atoms with Crippen molar-refractivity contribution in [3.8, 4) is 0 Å². The van der Waals surface area contributed by atoms with Crippen molar-refractivity contribution in [3.63, 3.8) is 0 Å². The lowest BCUT2D eigenvalue weighted by molar-refractivity contribution is -0.757. The molecular weight excluding hydrogens is 352 g/mol. The molecule has 0 aliphatic heterocycles.